The summed E-state index contributed by atoms with van der Waals surface area (Å²) in [7, 11) is 0. The molecule has 0 aromatic heterocycles. The van der Waals surface area contributed by atoms with Crippen LogP contribution in [0.2, 0.25) is 0 Å². The average molecular weight is 477 g/mol. The summed E-state index contributed by atoms with van der Waals surface area (Å²) in [5.41, 5.74) is 0. The third-order valence-electron chi connectivity index (χ3n) is 0. The van der Waals surface area contributed by atoms with Crippen molar-refractivity contribution in [1.82, 2.24) is 0 Å². The molecule has 0 aliphatic heterocycles. The van der Waals surface area contributed by atoms with Gasteiger partial charge in [0, 0.05) is 38.6 Å². The molecular weight excluding hydrogens is 469 g/mol. The van der Waals surface area contributed by atoms with Gasteiger partial charge in [-0.25, -0.2) is 31.2 Å². The normalized spacial score (nSPS) is 5.71. The summed E-state index contributed by atoms with van der Waals surface area (Å²) in [6, 6.07) is 0. The molecule has 0 rings (SSSR count). The largest absolute Gasteiger partial charge is 0.472 e. The van der Waals surface area contributed by atoms with E-state index in [-0.39, 0.29) is 38.6 Å². The first kappa shape index (κ1) is 36.2. The molecule has 0 aromatic rings. The molecule has 0 aliphatic rings. The molecule has 21 heteroatoms. The van der Waals surface area contributed by atoms with Gasteiger partial charge in [0.25, 0.3) is 10.2 Å². The van der Waals surface area contributed by atoms with Crippen molar-refractivity contribution in [3.8, 4) is 0 Å². The fourth-order valence-electron chi connectivity index (χ4n) is 0. The van der Waals surface area contributed by atoms with Gasteiger partial charge in [0.05, 0.1) is 0 Å². The van der Waals surface area contributed by atoms with Gasteiger partial charge in [-0.1, -0.05) is 0 Å². The van der Waals surface area contributed by atoms with E-state index < -0.39 is 25.4 Å². The first-order valence-corrected chi connectivity index (χ1v) is 2.88. The van der Waals surface area contributed by atoms with Crippen LogP contribution in [0.25, 0.3) is 0 Å². The maximum absolute atomic E-state index is 8.47. The van der Waals surface area contributed by atoms with Crippen molar-refractivity contribution in [1.29, 1.82) is 0 Å². The molecule has 8 N–H and O–H groups in total. The van der Waals surface area contributed by atoms with Crippen molar-refractivity contribution < 1.29 is 106 Å². The zero-order chi connectivity index (χ0) is 17.9. The van der Waals surface area contributed by atoms with E-state index in [0.717, 1.165) is 0 Å². The Morgan fingerprint density at radius 3 is 0.476 bits per heavy atom. The van der Waals surface area contributed by atoms with Crippen LogP contribution in [0.15, 0.2) is 0 Å². The third kappa shape index (κ3) is 548. The van der Waals surface area contributed by atoms with Gasteiger partial charge in [-0.3, -0.25) is 0 Å². The first-order chi connectivity index (χ1) is 8.66. The van der Waals surface area contributed by atoms with Crippen molar-refractivity contribution in [2.75, 3.05) is 0 Å². The molecule has 0 saturated carbocycles. The SMILES string of the molecule is O=[N+](O)O.O=[N+](O)O.O=[N+](O)O.O=[N+]([O-])O.O=[N+]([O-])O.[Tb]. The summed E-state index contributed by atoms with van der Waals surface area (Å²) < 4.78 is 0. The van der Waals surface area contributed by atoms with E-state index >= 15 is 0 Å². The van der Waals surface area contributed by atoms with Crippen LogP contribution >= 0.6 is 0 Å². The Bertz CT molecular complexity index is 207. The molecule has 20 nitrogen and oxygen atoms in total. The van der Waals surface area contributed by atoms with Crippen molar-refractivity contribution in [2.24, 2.45) is 0 Å². The molecule has 0 aromatic carbocycles. The number of hydrogen-bond donors (Lipinski definition) is 8. The molecule has 1 radical (unpaired) electrons. The maximum atomic E-state index is 8.47. The zero-order valence-corrected chi connectivity index (χ0v) is 11.1. The number of hydrogen-bond acceptors (Lipinski definition) is 7. The minimum Gasteiger partial charge on any atom is -0.328 e. The predicted molar refractivity (Wildman–Crippen MR) is 39.2 cm³/mol. The minimum absolute atomic E-state index is 0. The number of rotatable bonds is 0. The Morgan fingerprint density at radius 1 is 0.476 bits per heavy atom. The molecule has 0 saturated heterocycles. The van der Waals surface area contributed by atoms with Crippen molar-refractivity contribution in [2.45, 2.75) is 0 Å². The number of nitrogens with zero attached hydrogens (tertiary/aromatic N) is 5. The zero-order valence-electron chi connectivity index (χ0n) is 9.00. The van der Waals surface area contributed by atoms with Gasteiger partial charge in [0.2, 0.25) is 0 Å². The second kappa shape index (κ2) is 30.4. The van der Waals surface area contributed by atoms with Gasteiger partial charge in [0.1, 0.15) is 14.7 Å². The van der Waals surface area contributed by atoms with Crippen LogP contribution in [0.3, 0.4) is 0 Å². The summed E-state index contributed by atoms with van der Waals surface area (Å²) in [6.07, 6.45) is 0. The Hall–Kier alpha value is -2.71. The van der Waals surface area contributed by atoms with Crippen LogP contribution in [-0.2, 0) is 0 Å². The van der Waals surface area contributed by atoms with Crippen LogP contribution < -0.4 is 0 Å². The van der Waals surface area contributed by atoms with Crippen molar-refractivity contribution in [3.63, 3.8) is 0 Å². The smallest absolute Gasteiger partial charge is 0.328 e. The first-order valence-electron chi connectivity index (χ1n) is 2.88. The molecule has 0 heterocycles. The van der Waals surface area contributed by atoms with E-state index in [1.54, 1.807) is 0 Å². The van der Waals surface area contributed by atoms with E-state index in [1.807, 2.05) is 0 Å². The van der Waals surface area contributed by atoms with Gasteiger partial charge >= 0.3 is 15.3 Å². The fourth-order valence-corrected chi connectivity index (χ4v) is 0. The maximum Gasteiger partial charge on any atom is 0.472 e. The molecular formula is H8N5O15Tb+3. The summed E-state index contributed by atoms with van der Waals surface area (Å²) in [4.78, 5) is 42.1. The molecule has 0 unspecified atom stereocenters. The Kier molecular flexibility index (Phi) is 52.4. The summed E-state index contributed by atoms with van der Waals surface area (Å²) >= 11 is 0. The van der Waals surface area contributed by atoms with Crippen LogP contribution in [0.5, 0.6) is 0 Å². The van der Waals surface area contributed by atoms with E-state index in [4.69, 9.17) is 76.6 Å². The van der Waals surface area contributed by atoms with Crippen molar-refractivity contribution >= 4 is 0 Å². The minimum atomic E-state index is -1.50. The molecule has 0 bridgehead atoms. The Labute approximate surface area is 140 Å². The van der Waals surface area contributed by atoms with E-state index in [1.165, 1.54) is 0 Å². The second-order valence-corrected chi connectivity index (χ2v) is 1.23. The molecule has 0 spiro atoms. The van der Waals surface area contributed by atoms with Crippen LogP contribution in [0.4, 0.5) is 0 Å². The fraction of sp³-hybridized carbons (Fsp3) is 0. The molecule has 129 valence electrons. The van der Waals surface area contributed by atoms with Crippen LogP contribution in [-0.4, -0.2) is 67.1 Å². The van der Waals surface area contributed by atoms with E-state index in [0.29, 0.717) is 0 Å². The molecule has 0 aliphatic carbocycles. The van der Waals surface area contributed by atoms with E-state index in [9.17, 15) is 0 Å². The van der Waals surface area contributed by atoms with Gasteiger partial charge in [-0.15, -0.1) is 20.2 Å². The Balaban J connectivity index is -0.0000000331. The summed E-state index contributed by atoms with van der Waals surface area (Å²) in [5.74, 6) is 0. The molecule has 0 amide bonds. The van der Waals surface area contributed by atoms with Gasteiger partial charge in [-0.05, 0) is 0 Å². The monoisotopic (exact) mass is 477 g/mol. The van der Waals surface area contributed by atoms with Crippen LogP contribution in [0, 0.1) is 73.6 Å². The molecule has 21 heavy (non-hydrogen) atoms. The quantitative estimate of drug-likeness (QED) is 0.137. The topological polar surface area (TPSA) is 308 Å². The van der Waals surface area contributed by atoms with Gasteiger partial charge in [0.15, 0.2) is 0 Å². The van der Waals surface area contributed by atoms with Crippen LogP contribution in [0.1, 0.15) is 0 Å². The van der Waals surface area contributed by atoms with Gasteiger partial charge in [-0.2, -0.15) is 0 Å². The van der Waals surface area contributed by atoms with Crippen molar-refractivity contribution in [3.05, 3.63) is 34.9 Å². The average Bonchev–Trinajstić information content (AvgIpc) is 1.94. The summed E-state index contributed by atoms with van der Waals surface area (Å²) in [6.45, 7) is 0. The summed E-state index contributed by atoms with van der Waals surface area (Å²) in [5, 5.41) is 64.9. The van der Waals surface area contributed by atoms with E-state index in [2.05, 4.69) is 0 Å². The standard InChI is InChI=1S/3H2NO3.2HNO3.Tb/c5*2-1(3)4;/h3*(H2,2,3,4);2*(H,2,3,4);/q3*+1;;;. The second-order valence-electron chi connectivity index (χ2n) is 1.23. The third-order valence-corrected chi connectivity index (χ3v) is 0. The molecule has 0 atom stereocenters. The molecule has 0 fully saturated rings. The van der Waals surface area contributed by atoms with Gasteiger partial charge < -0.3 is 10.4 Å². The predicted octanol–water partition coefficient (Wildman–Crippen LogP) is -2.06. The Morgan fingerprint density at radius 2 is 0.476 bits per heavy atom.